The van der Waals surface area contributed by atoms with Gasteiger partial charge in [0.05, 0.1) is 13.2 Å². The van der Waals surface area contributed by atoms with E-state index >= 15 is 0 Å². The molecule has 0 aromatic heterocycles. The van der Waals surface area contributed by atoms with Crippen LogP contribution in [0, 0.1) is 5.82 Å². The molecule has 0 atom stereocenters. The zero-order chi connectivity index (χ0) is 21.8. The van der Waals surface area contributed by atoms with Crippen molar-refractivity contribution in [2.45, 2.75) is 32.6 Å². The van der Waals surface area contributed by atoms with Crippen molar-refractivity contribution in [1.29, 1.82) is 0 Å². The Bertz CT molecular complexity index is 834. The molecule has 0 unspecified atom stereocenters. The van der Waals surface area contributed by atoms with Crippen molar-refractivity contribution in [1.82, 2.24) is 5.32 Å². The second-order valence-corrected chi connectivity index (χ2v) is 6.66. The number of ether oxygens (including phenoxy) is 2. The fourth-order valence-electron chi connectivity index (χ4n) is 2.54. The van der Waals surface area contributed by atoms with Crippen LogP contribution in [0.1, 0.15) is 53.3 Å². The lowest BCUT2D eigenvalue weighted by molar-refractivity contribution is -0.142. The Balaban J connectivity index is 1.63. The van der Waals surface area contributed by atoms with E-state index in [9.17, 15) is 18.8 Å². The molecule has 1 N–H and O–H groups in total. The third kappa shape index (κ3) is 8.03. The summed E-state index contributed by atoms with van der Waals surface area (Å²) in [5, 5.41) is 2.49. The molecule has 0 saturated carbocycles. The number of nitrogens with one attached hydrogen (secondary N) is 1. The molecule has 6 nitrogen and oxygen atoms in total. The van der Waals surface area contributed by atoms with E-state index in [4.69, 9.17) is 9.47 Å². The standard InChI is InChI=1S/C23H26FNO5/c1-2-3-14-29-20-12-8-18(9-13-20)23(28)25-16-22(27)30-15-4-5-21(26)17-6-10-19(24)11-7-17/h6-13H,2-5,14-16H2,1H3,(H,25,28). The van der Waals surface area contributed by atoms with Crippen molar-refractivity contribution < 1.29 is 28.2 Å². The van der Waals surface area contributed by atoms with Crippen LogP contribution in [-0.4, -0.2) is 37.4 Å². The fourth-order valence-corrected chi connectivity index (χ4v) is 2.54. The number of carbonyl (C=O) groups excluding carboxylic acids is 3. The van der Waals surface area contributed by atoms with Crippen LogP contribution >= 0.6 is 0 Å². The molecule has 2 aromatic rings. The van der Waals surface area contributed by atoms with Gasteiger partial charge < -0.3 is 14.8 Å². The molecule has 160 valence electrons. The van der Waals surface area contributed by atoms with Crippen LogP contribution in [0.15, 0.2) is 48.5 Å². The first kappa shape index (κ1) is 23.1. The van der Waals surface area contributed by atoms with Crippen LogP contribution in [0.2, 0.25) is 0 Å². The number of rotatable bonds is 12. The van der Waals surface area contributed by atoms with Gasteiger partial charge in [-0.15, -0.1) is 0 Å². The number of benzene rings is 2. The van der Waals surface area contributed by atoms with Crippen molar-refractivity contribution in [2.75, 3.05) is 19.8 Å². The monoisotopic (exact) mass is 415 g/mol. The number of hydrogen-bond acceptors (Lipinski definition) is 5. The molecule has 0 spiro atoms. The lowest BCUT2D eigenvalue weighted by Gasteiger charge is -2.08. The lowest BCUT2D eigenvalue weighted by Crippen LogP contribution is -2.30. The van der Waals surface area contributed by atoms with Gasteiger partial charge in [-0.1, -0.05) is 13.3 Å². The average molecular weight is 415 g/mol. The minimum absolute atomic E-state index is 0.0609. The summed E-state index contributed by atoms with van der Waals surface area (Å²) in [6.45, 7) is 2.50. The van der Waals surface area contributed by atoms with E-state index in [1.165, 1.54) is 24.3 Å². The molecule has 0 aliphatic carbocycles. The molecular weight excluding hydrogens is 389 g/mol. The number of amides is 1. The smallest absolute Gasteiger partial charge is 0.325 e. The van der Waals surface area contributed by atoms with Gasteiger partial charge in [0.2, 0.25) is 0 Å². The van der Waals surface area contributed by atoms with Crippen LogP contribution in [-0.2, 0) is 9.53 Å². The molecule has 0 saturated heterocycles. The van der Waals surface area contributed by atoms with Crippen LogP contribution in [0.5, 0.6) is 5.75 Å². The highest BCUT2D eigenvalue weighted by molar-refractivity contribution is 5.96. The zero-order valence-corrected chi connectivity index (χ0v) is 17.0. The summed E-state index contributed by atoms with van der Waals surface area (Å²) in [5.41, 5.74) is 0.826. The fraction of sp³-hybridized carbons (Fsp3) is 0.348. The predicted molar refractivity (Wildman–Crippen MR) is 110 cm³/mol. The van der Waals surface area contributed by atoms with Gasteiger partial charge in [0, 0.05) is 17.5 Å². The van der Waals surface area contributed by atoms with E-state index in [1.807, 2.05) is 0 Å². The normalized spacial score (nSPS) is 10.3. The third-order valence-corrected chi connectivity index (χ3v) is 4.25. The molecule has 0 bridgehead atoms. The number of ketones is 1. The van der Waals surface area contributed by atoms with Crippen LogP contribution < -0.4 is 10.1 Å². The summed E-state index contributed by atoms with van der Waals surface area (Å²) in [5.74, 6) is -0.842. The van der Waals surface area contributed by atoms with Gasteiger partial charge >= 0.3 is 5.97 Å². The van der Waals surface area contributed by atoms with Gasteiger partial charge in [0.25, 0.3) is 5.91 Å². The molecule has 2 rings (SSSR count). The summed E-state index contributed by atoms with van der Waals surface area (Å²) >= 11 is 0. The van der Waals surface area contributed by atoms with Crippen LogP contribution in [0.4, 0.5) is 4.39 Å². The number of hydrogen-bond donors (Lipinski definition) is 1. The molecule has 0 aliphatic heterocycles. The molecule has 1 amide bonds. The van der Waals surface area contributed by atoms with Gasteiger partial charge in [0.1, 0.15) is 18.1 Å². The summed E-state index contributed by atoms with van der Waals surface area (Å²) in [7, 11) is 0. The summed E-state index contributed by atoms with van der Waals surface area (Å²) in [6.07, 6.45) is 2.53. The van der Waals surface area contributed by atoms with Gasteiger partial charge in [-0.3, -0.25) is 14.4 Å². The van der Waals surface area contributed by atoms with Crippen molar-refractivity contribution in [2.24, 2.45) is 0 Å². The number of halogens is 1. The van der Waals surface area contributed by atoms with E-state index in [2.05, 4.69) is 12.2 Å². The minimum atomic E-state index is -0.586. The first-order valence-electron chi connectivity index (χ1n) is 9.95. The lowest BCUT2D eigenvalue weighted by atomic mass is 10.1. The first-order valence-corrected chi connectivity index (χ1v) is 9.95. The van der Waals surface area contributed by atoms with E-state index in [0.29, 0.717) is 29.9 Å². The van der Waals surface area contributed by atoms with Crippen molar-refractivity contribution >= 4 is 17.7 Å². The predicted octanol–water partition coefficient (Wildman–Crippen LogP) is 3.94. The minimum Gasteiger partial charge on any atom is -0.494 e. The Morgan fingerprint density at radius 3 is 2.23 bits per heavy atom. The highest BCUT2D eigenvalue weighted by Crippen LogP contribution is 2.12. The van der Waals surface area contributed by atoms with Crippen molar-refractivity contribution in [3.8, 4) is 5.75 Å². The first-order chi connectivity index (χ1) is 14.5. The van der Waals surface area contributed by atoms with Gasteiger partial charge in [-0.2, -0.15) is 0 Å². The van der Waals surface area contributed by atoms with Gasteiger partial charge in [-0.05, 0) is 61.4 Å². The molecule has 0 fully saturated rings. The van der Waals surface area contributed by atoms with Crippen LogP contribution in [0.25, 0.3) is 0 Å². The average Bonchev–Trinajstić information content (AvgIpc) is 2.76. The maximum atomic E-state index is 12.9. The number of esters is 1. The number of unbranched alkanes of at least 4 members (excludes halogenated alkanes) is 1. The third-order valence-electron chi connectivity index (χ3n) is 4.25. The largest absolute Gasteiger partial charge is 0.494 e. The maximum Gasteiger partial charge on any atom is 0.325 e. The summed E-state index contributed by atoms with van der Waals surface area (Å²) in [6, 6.07) is 12.0. The quantitative estimate of drug-likeness (QED) is 0.323. The Morgan fingerprint density at radius 1 is 0.900 bits per heavy atom. The van der Waals surface area contributed by atoms with Gasteiger partial charge in [0.15, 0.2) is 5.78 Å². The zero-order valence-electron chi connectivity index (χ0n) is 17.0. The molecular formula is C23H26FNO5. The number of carbonyl (C=O) groups is 3. The van der Waals surface area contributed by atoms with Crippen molar-refractivity contribution in [3.63, 3.8) is 0 Å². The highest BCUT2D eigenvalue weighted by Gasteiger charge is 2.10. The Kier molecular flexibility index (Phi) is 9.51. The Labute approximate surface area is 175 Å². The van der Waals surface area contributed by atoms with Crippen molar-refractivity contribution in [3.05, 3.63) is 65.5 Å². The molecule has 30 heavy (non-hydrogen) atoms. The Morgan fingerprint density at radius 2 is 1.57 bits per heavy atom. The van der Waals surface area contributed by atoms with Crippen LogP contribution in [0.3, 0.4) is 0 Å². The van der Waals surface area contributed by atoms with E-state index in [0.717, 1.165) is 12.8 Å². The topological polar surface area (TPSA) is 81.7 Å². The molecule has 0 radical (unpaired) electrons. The highest BCUT2D eigenvalue weighted by atomic mass is 19.1. The SMILES string of the molecule is CCCCOc1ccc(C(=O)NCC(=O)OCCCC(=O)c2ccc(F)cc2)cc1. The summed E-state index contributed by atoms with van der Waals surface area (Å²) < 4.78 is 23.4. The molecule has 2 aromatic carbocycles. The second kappa shape index (κ2) is 12.4. The maximum absolute atomic E-state index is 12.9. The van der Waals surface area contributed by atoms with Gasteiger partial charge in [-0.25, -0.2) is 4.39 Å². The van der Waals surface area contributed by atoms with E-state index in [-0.39, 0.29) is 25.4 Å². The van der Waals surface area contributed by atoms with E-state index in [1.54, 1.807) is 24.3 Å². The number of Topliss-reactive ketones (excluding diaryl/α,β-unsaturated/α-hetero) is 1. The second-order valence-electron chi connectivity index (χ2n) is 6.66. The Hall–Kier alpha value is -3.22. The van der Waals surface area contributed by atoms with E-state index < -0.39 is 17.7 Å². The molecule has 0 heterocycles. The summed E-state index contributed by atoms with van der Waals surface area (Å²) in [4.78, 5) is 35.8. The molecule has 7 heteroatoms. The molecule has 0 aliphatic rings.